The summed E-state index contributed by atoms with van der Waals surface area (Å²) in [6, 6.07) is 10.5. The molecule has 0 amide bonds. The summed E-state index contributed by atoms with van der Waals surface area (Å²) in [7, 11) is 0. The Morgan fingerprint density at radius 3 is 2.67 bits per heavy atom. The maximum absolute atomic E-state index is 13.8. The molecule has 0 saturated carbocycles. The normalized spacial score (nSPS) is 15.4. The van der Waals surface area contributed by atoms with Crippen molar-refractivity contribution in [2.75, 3.05) is 0 Å². The Hall–Kier alpha value is -2.07. The van der Waals surface area contributed by atoms with Crippen LogP contribution in [0.25, 0.3) is 0 Å². The third kappa shape index (κ3) is 2.59. The highest BCUT2D eigenvalue weighted by atomic mass is 19.1. The van der Waals surface area contributed by atoms with Crippen molar-refractivity contribution in [2.24, 2.45) is 5.73 Å². The van der Waals surface area contributed by atoms with Crippen LogP contribution in [0.5, 0.6) is 17.2 Å². The predicted octanol–water partition coefficient (Wildman–Crippen LogP) is 3.79. The third-order valence-electron chi connectivity index (χ3n) is 3.55. The van der Waals surface area contributed by atoms with E-state index in [2.05, 4.69) is 0 Å². The van der Waals surface area contributed by atoms with Crippen LogP contribution in [0.15, 0.2) is 36.4 Å². The predicted molar refractivity (Wildman–Crippen MR) is 79.2 cm³/mol. The van der Waals surface area contributed by atoms with E-state index < -0.39 is 0 Å². The lowest BCUT2D eigenvalue weighted by Gasteiger charge is -2.18. The standard InChI is InChI=1S/C17H18FNO2/c1-17(2)9-11-5-3-8-15(16(11)21-17)20-14-7-4-6-13(18)12(14)10-19/h3-8H,9-10,19H2,1-2H3. The fourth-order valence-electron chi connectivity index (χ4n) is 2.62. The number of fused-ring (bicyclic) bond motifs is 1. The average Bonchev–Trinajstić information content (AvgIpc) is 2.74. The van der Waals surface area contributed by atoms with Crippen LogP contribution >= 0.6 is 0 Å². The minimum atomic E-state index is -0.358. The molecular weight excluding hydrogens is 269 g/mol. The first-order valence-electron chi connectivity index (χ1n) is 6.96. The molecule has 0 aliphatic carbocycles. The lowest BCUT2D eigenvalue weighted by Crippen LogP contribution is -2.24. The molecule has 0 radical (unpaired) electrons. The van der Waals surface area contributed by atoms with E-state index in [0.717, 1.165) is 17.7 Å². The van der Waals surface area contributed by atoms with E-state index >= 15 is 0 Å². The first kappa shape index (κ1) is 13.9. The number of hydrogen-bond donors (Lipinski definition) is 1. The van der Waals surface area contributed by atoms with E-state index in [1.165, 1.54) is 6.07 Å². The third-order valence-corrected chi connectivity index (χ3v) is 3.55. The molecule has 1 heterocycles. The van der Waals surface area contributed by atoms with Gasteiger partial charge >= 0.3 is 0 Å². The minimum absolute atomic E-state index is 0.0867. The topological polar surface area (TPSA) is 44.5 Å². The zero-order valence-electron chi connectivity index (χ0n) is 12.2. The van der Waals surface area contributed by atoms with Gasteiger partial charge in [0.1, 0.15) is 17.2 Å². The first-order valence-corrected chi connectivity index (χ1v) is 6.96. The second-order valence-electron chi connectivity index (χ2n) is 5.81. The van der Waals surface area contributed by atoms with Crippen LogP contribution in [0.4, 0.5) is 4.39 Å². The Bertz CT molecular complexity index is 682. The molecule has 0 fully saturated rings. The highest BCUT2D eigenvalue weighted by Gasteiger charge is 2.32. The van der Waals surface area contributed by atoms with Crippen molar-refractivity contribution in [3.05, 3.63) is 53.3 Å². The number of rotatable bonds is 3. The van der Waals surface area contributed by atoms with Crippen molar-refractivity contribution in [2.45, 2.75) is 32.4 Å². The number of nitrogens with two attached hydrogens (primary N) is 1. The molecule has 1 aliphatic heterocycles. The maximum atomic E-state index is 13.8. The quantitative estimate of drug-likeness (QED) is 0.934. The molecule has 0 aromatic heterocycles. The molecule has 110 valence electrons. The van der Waals surface area contributed by atoms with Crippen molar-refractivity contribution in [1.82, 2.24) is 0 Å². The average molecular weight is 287 g/mol. The summed E-state index contributed by atoms with van der Waals surface area (Å²) in [5, 5.41) is 0. The van der Waals surface area contributed by atoms with Crippen LogP contribution in [0.3, 0.4) is 0 Å². The van der Waals surface area contributed by atoms with Gasteiger partial charge < -0.3 is 15.2 Å². The fourth-order valence-corrected chi connectivity index (χ4v) is 2.62. The summed E-state index contributed by atoms with van der Waals surface area (Å²) in [4.78, 5) is 0. The van der Waals surface area contributed by atoms with Crippen molar-refractivity contribution in [3.63, 3.8) is 0 Å². The summed E-state index contributed by atoms with van der Waals surface area (Å²) in [5.41, 5.74) is 6.83. The largest absolute Gasteiger partial charge is 0.483 e. The van der Waals surface area contributed by atoms with E-state index in [1.54, 1.807) is 12.1 Å². The summed E-state index contributed by atoms with van der Waals surface area (Å²) in [5.74, 6) is 1.40. The molecule has 3 rings (SSSR count). The van der Waals surface area contributed by atoms with E-state index in [1.807, 2.05) is 32.0 Å². The summed E-state index contributed by atoms with van der Waals surface area (Å²) < 4.78 is 25.6. The molecule has 2 aromatic carbocycles. The number of ether oxygens (including phenoxy) is 2. The van der Waals surface area contributed by atoms with Crippen LogP contribution in [0, 0.1) is 5.82 Å². The number of halogens is 1. The van der Waals surface area contributed by atoms with Gasteiger partial charge in [-0.05, 0) is 32.0 Å². The molecule has 0 saturated heterocycles. The van der Waals surface area contributed by atoms with Crippen molar-refractivity contribution in [1.29, 1.82) is 0 Å². The highest BCUT2D eigenvalue weighted by Crippen LogP contribution is 2.43. The molecule has 2 N–H and O–H groups in total. The first-order chi connectivity index (χ1) is 10.00. The summed E-state index contributed by atoms with van der Waals surface area (Å²) in [6.07, 6.45) is 0.826. The summed E-state index contributed by atoms with van der Waals surface area (Å²) >= 11 is 0. The van der Waals surface area contributed by atoms with Gasteiger partial charge in [0, 0.05) is 24.1 Å². The second-order valence-corrected chi connectivity index (χ2v) is 5.81. The Morgan fingerprint density at radius 2 is 1.90 bits per heavy atom. The molecule has 0 unspecified atom stereocenters. The zero-order chi connectivity index (χ0) is 15.0. The minimum Gasteiger partial charge on any atom is -0.483 e. The Morgan fingerprint density at radius 1 is 1.19 bits per heavy atom. The molecule has 3 nitrogen and oxygen atoms in total. The molecule has 4 heteroatoms. The van der Waals surface area contributed by atoms with Crippen molar-refractivity contribution >= 4 is 0 Å². The lowest BCUT2D eigenvalue weighted by molar-refractivity contribution is 0.135. The van der Waals surface area contributed by atoms with Crippen LogP contribution in [-0.2, 0) is 13.0 Å². The van der Waals surface area contributed by atoms with Gasteiger partial charge in [0.15, 0.2) is 11.5 Å². The van der Waals surface area contributed by atoms with Gasteiger partial charge in [-0.15, -0.1) is 0 Å². The van der Waals surface area contributed by atoms with Crippen LogP contribution in [-0.4, -0.2) is 5.60 Å². The number of benzene rings is 2. The van der Waals surface area contributed by atoms with Gasteiger partial charge in [-0.25, -0.2) is 4.39 Å². The molecule has 2 aromatic rings. The molecular formula is C17H18FNO2. The van der Waals surface area contributed by atoms with Gasteiger partial charge in [0.2, 0.25) is 0 Å². The molecule has 0 atom stereocenters. The SMILES string of the molecule is CC1(C)Cc2cccc(Oc3cccc(F)c3CN)c2O1. The number of hydrogen-bond acceptors (Lipinski definition) is 3. The lowest BCUT2D eigenvalue weighted by atomic mass is 10.0. The molecule has 1 aliphatic rings. The monoisotopic (exact) mass is 287 g/mol. The van der Waals surface area contributed by atoms with E-state index in [0.29, 0.717) is 17.1 Å². The highest BCUT2D eigenvalue weighted by molar-refractivity contribution is 5.52. The van der Waals surface area contributed by atoms with Crippen molar-refractivity contribution in [3.8, 4) is 17.2 Å². The van der Waals surface area contributed by atoms with Gasteiger partial charge in [0.05, 0.1) is 0 Å². The Balaban J connectivity index is 1.98. The van der Waals surface area contributed by atoms with Gasteiger partial charge in [-0.1, -0.05) is 18.2 Å². The summed E-state index contributed by atoms with van der Waals surface area (Å²) in [6.45, 7) is 4.15. The van der Waals surface area contributed by atoms with E-state index in [9.17, 15) is 4.39 Å². The zero-order valence-corrected chi connectivity index (χ0v) is 12.2. The maximum Gasteiger partial charge on any atom is 0.169 e. The molecule has 21 heavy (non-hydrogen) atoms. The second kappa shape index (κ2) is 5.04. The molecule has 0 spiro atoms. The van der Waals surface area contributed by atoms with Gasteiger partial charge in [-0.3, -0.25) is 0 Å². The van der Waals surface area contributed by atoms with Crippen LogP contribution in [0.2, 0.25) is 0 Å². The smallest absolute Gasteiger partial charge is 0.169 e. The Labute approximate surface area is 123 Å². The van der Waals surface area contributed by atoms with Crippen molar-refractivity contribution < 1.29 is 13.9 Å². The van der Waals surface area contributed by atoms with Gasteiger partial charge in [-0.2, -0.15) is 0 Å². The fraction of sp³-hybridized carbons (Fsp3) is 0.294. The van der Waals surface area contributed by atoms with E-state index in [4.69, 9.17) is 15.2 Å². The van der Waals surface area contributed by atoms with E-state index in [-0.39, 0.29) is 18.0 Å². The number of para-hydroxylation sites is 1. The van der Waals surface area contributed by atoms with Gasteiger partial charge in [0.25, 0.3) is 0 Å². The van der Waals surface area contributed by atoms with Crippen LogP contribution in [0.1, 0.15) is 25.0 Å². The van der Waals surface area contributed by atoms with Crippen LogP contribution < -0.4 is 15.2 Å². The molecule has 0 bridgehead atoms. The Kier molecular flexibility index (Phi) is 3.33.